The van der Waals surface area contributed by atoms with Gasteiger partial charge in [-0.3, -0.25) is 9.48 Å². The Hall–Kier alpha value is -1.36. The van der Waals surface area contributed by atoms with Crippen molar-refractivity contribution in [3.63, 3.8) is 0 Å². The van der Waals surface area contributed by atoms with Crippen LogP contribution in [0.15, 0.2) is 0 Å². The first-order chi connectivity index (χ1) is 10.6. The lowest BCUT2D eigenvalue weighted by atomic mass is 10.00. The zero-order chi connectivity index (χ0) is 15.4. The summed E-state index contributed by atoms with van der Waals surface area (Å²) in [6, 6.07) is 0.0922. The van der Waals surface area contributed by atoms with Crippen LogP contribution in [0.5, 0.6) is 0 Å². The highest BCUT2D eigenvalue weighted by molar-refractivity contribution is 5.82. The van der Waals surface area contributed by atoms with Crippen molar-refractivity contribution < 1.29 is 9.53 Å². The zero-order valence-electron chi connectivity index (χ0n) is 13.6. The molecule has 1 aromatic heterocycles. The number of aryl methyl sites for hydroxylation is 2. The van der Waals surface area contributed by atoms with Crippen LogP contribution >= 0.6 is 0 Å². The summed E-state index contributed by atoms with van der Waals surface area (Å²) in [6.07, 6.45) is 4.61. The third-order valence-electron chi connectivity index (χ3n) is 5.67. The molecule has 22 heavy (non-hydrogen) atoms. The summed E-state index contributed by atoms with van der Waals surface area (Å²) >= 11 is 0. The first kappa shape index (κ1) is 14.2. The number of carbonyl (C=O) groups excluding carboxylic acids is 1. The molecule has 1 N–H and O–H groups in total. The normalized spacial score (nSPS) is 34.0. The van der Waals surface area contributed by atoms with Crippen molar-refractivity contribution in [1.82, 2.24) is 15.1 Å². The molecule has 0 aromatic carbocycles. The molecule has 0 spiro atoms. The van der Waals surface area contributed by atoms with Gasteiger partial charge in [0, 0.05) is 30.8 Å². The molecule has 5 heteroatoms. The Kier molecular flexibility index (Phi) is 3.29. The third kappa shape index (κ3) is 2.35. The molecular formula is C17H25N3O2. The number of hydrogen-bond acceptors (Lipinski definition) is 3. The highest BCUT2D eigenvalue weighted by Crippen LogP contribution is 2.54. The van der Waals surface area contributed by atoms with Crippen molar-refractivity contribution in [2.24, 2.45) is 24.8 Å². The summed E-state index contributed by atoms with van der Waals surface area (Å²) in [5.41, 5.74) is 3.29. The number of carbonyl (C=O) groups is 1. The largest absolute Gasteiger partial charge is 0.371 e. The molecule has 0 bridgehead atoms. The number of nitrogens with zero attached hydrogens (tertiary/aromatic N) is 2. The van der Waals surface area contributed by atoms with Gasteiger partial charge in [0.2, 0.25) is 5.91 Å². The van der Waals surface area contributed by atoms with Gasteiger partial charge >= 0.3 is 0 Å². The number of amides is 1. The molecule has 120 valence electrons. The minimum Gasteiger partial charge on any atom is -0.371 e. The summed E-state index contributed by atoms with van der Waals surface area (Å²) in [5, 5.41) is 7.75. The molecular weight excluding hydrogens is 278 g/mol. The fourth-order valence-electron chi connectivity index (χ4n) is 4.07. The molecule has 3 aliphatic rings. The van der Waals surface area contributed by atoms with E-state index in [4.69, 9.17) is 4.74 Å². The van der Waals surface area contributed by atoms with Crippen LogP contribution in [0.1, 0.15) is 48.7 Å². The van der Waals surface area contributed by atoms with Crippen molar-refractivity contribution >= 4 is 5.91 Å². The smallest absolute Gasteiger partial charge is 0.223 e. The predicted octanol–water partition coefficient (Wildman–Crippen LogP) is 2.03. The molecule has 1 aromatic rings. The fraction of sp³-hybridized carbons (Fsp3) is 0.765. The number of nitrogens with one attached hydrogen (secondary N) is 1. The molecule has 1 saturated heterocycles. The van der Waals surface area contributed by atoms with Crippen LogP contribution in [0.4, 0.5) is 0 Å². The maximum absolute atomic E-state index is 12.5. The standard InChI is InChI=1S/C17H25N3O2/c1-9-15(10(2)20(3)19-9)16-14(6-7-22-16)18-17(21)13-8-12(13)11-4-5-11/h11-14,16H,4-8H2,1-3H3,(H,18,21)/t12?,13?,14-,16-/m0/s1. The molecule has 3 fully saturated rings. The van der Waals surface area contributed by atoms with Gasteiger partial charge in [-0.25, -0.2) is 0 Å². The van der Waals surface area contributed by atoms with Crippen LogP contribution in [0.3, 0.4) is 0 Å². The Morgan fingerprint density at radius 1 is 1.32 bits per heavy atom. The molecule has 2 heterocycles. The highest BCUT2D eigenvalue weighted by atomic mass is 16.5. The van der Waals surface area contributed by atoms with Crippen LogP contribution in [0, 0.1) is 31.6 Å². The van der Waals surface area contributed by atoms with Gasteiger partial charge in [-0.05, 0) is 51.4 Å². The second-order valence-corrected chi connectivity index (χ2v) is 7.25. The van der Waals surface area contributed by atoms with Crippen molar-refractivity contribution in [2.45, 2.75) is 51.7 Å². The van der Waals surface area contributed by atoms with Crippen molar-refractivity contribution in [3.05, 3.63) is 17.0 Å². The van der Waals surface area contributed by atoms with Gasteiger partial charge in [0.1, 0.15) is 6.10 Å². The van der Waals surface area contributed by atoms with E-state index in [-0.39, 0.29) is 24.0 Å². The Labute approximate surface area is 131 Å². The average Bonchev–Trinajstić information content (AvgIpc) is 3.35. The average molecular weight is 303 g/mol. The highest BCUT2D eigenvalue weighted by Gasteiger charge is 2.51. The fourth-order valence-corrected chi connectivity index (χ4v) is 4.07. The molecule has 1 amide bonds. The van der Waals surface area contributed by atoms with Crippen LogP contribution in [0.25, 0.3) is 0 Å². The summed E-state index contributed by atoms with van der Waals surface area (Å²) in [4.78, 5) is 12.5. The molecule has 0 radical (unpaired) electrons. The molecule has 4 atom stereocenters. The van der Waals surface area contributed by atoms with E-state index in [0.717, 1.165) is 35.7 Å². The van der Waals surface area contributed by atoms with Gasteiger partial charge < -0.3 is 10.1 Å². The minimum absolute atomic E-state index is 0.0456. The first-order valence-corrected chi connectivity index (χ1v) is 8.48. The van der Waals surface area contributed by atoms with Crippen LogP contribution in [-0.4, -0.2) is 28.3 Å². The summed E-state index contributed by atoms with van der Waals surface area (Å²) < 4.78 is 7.84. The van der Waals surface area contributed by atoms with E-state index in [1.54, 1.807) is 0 Å². The summed E-state index contributed by atoms with van der Waals surface area (Å²) in [7, 11) is 1.96. The lowest BCUT2D eigenvalue weighted by molar-refractivity contribution is -0.123. The van der Waals surface area contributed by atoms with Crippen molar-refractivity contribution in [2.75, 3.05) is 6.61 Å². The van der Waals surface area contributed by atoms with Crippen LogP contribution in [0.2, 0.25) is 0 Å². The van der Waals surface area contributed by atoms with Gasteiger partial charge in [-0.1, -0.05) is 0 Å². The maximum Gasteiger partial charge on any atom is 0.223 e. The zero-order valence-corrected chi connectivity index (χ0v) is 13.6. The minimum atomic E-state index is -0.0456. The lowest BCUT2D eigenvalue weighted by Crippen LogP contribution is -2.38. The first-order valence-electron chi connectivity index (χ1n) is 8.48. The van der Waals surface area contributed by atoms with Gasteiger partial charge in [0.25, 0.3) is 0 Å². The Morgan fingerprint density at radius 2 is 2.09 bits per heavy atom. The summed E-state index contributed by atoms with van der Waals surface area (Å²) in [6.45, 7) is 4.80. The molecule has 2 unspecified atom stereocenters. The predicted molar refractivity (Wildman–Crippen MR) is 82.2 cm³/mol. The van der Waals surface area contributed by atoms with E-state index in [1.165, 1.54) is 12.8 Å². The Bertz CT molecular complexity index is 605. The Balaban J connectivity index is 1.46. The number of rotatable bonds is 4. The molecule has 5 nitrogen and oxygen atoms in total. The maximum atomic E-state index is 12.5. The topological polar surface area (TPSA) is 56.1 Å². The van der Waals surface area contributed by atoms with E-state index in [2.05, 4.69) is 17.3 Å². The van der Waals surface area contributed by atoms with E-state index >= 15 is 0 Å². The lowest BCUT2D eigenvalue weighted by Gasteiger charge is -2.20. The van der Waals surface area contributed by atoms with E-state index in [9.17, 15) is 4.79 Å². The number of ether oxygens (including phenoxy) is 1. The van der Waals surface area contributed by atoms with Crippen molar-refractivity contribution in [1.29, 1.82) is 0 Å². The monoisotopic (exact) mass is 303 g/mol. The van der Waals surface area contributed by atoms with Gasteiger partial charge in [0.05, 0.1) is 11.7 Å². The second kappa shape index (κ2) is 5.08. The third-order valence-corrected chi connectivity index (χ3v) is 5.67. The van der Waals surface area contributed by atoms with Crippen LogP contribution in [-0.2, 0) is 16.6 Å². The Morgan fingerprint density at radius 3 is 2.73 bits per heavy atom. The quantitative estimate of drug-likeness (QED) is 0.926. The number of hydrogen-bond donors (Lipinski definition) is 1. The summed E-state index contributed by atoms with van der Waals surface area (Å²) in [5.74, 6) is 2.03. The van der Waals surface area contributed by atoms with E-state index in [0.29, 0.717) is 12.5 Å². The molecule has 2 aliphatic carbocycles. The van der Waals surface area contributed by atoms with E-state index in [1.807, 2.05) is 18.7 Å². The molecule has 4 rings (SSSR count). The molecule has 2 saturated carbocycles. The van der Waals surface area contributed by atoms with Gasteiger partial charge in [-0.2, -0.15) is 5.10 Å². The second-order valence-electron chi connectivity index (χ2n) is 7.25. The van der Waals surface area contributed by atoms with E-state index < -0.39 is 0 Å². The number of aromatic nitrogens is 2. The van der Waals surface area contributed by atoms with Gasteiger partial charge in [-0.15, -0.1) is 0 Å². The van der Waals surface area contributed by atoms with Gasteiger partial charge in [0.15, 0.2) is 0 Å². The van der Waals surface area contributed by atoms with Crippen LogP contribution < -0.4 is 5.32 Å². The SMILES string of the molecule is Cc1nn(C)c(C)c1[C@H]1OCC[C@@H]1NC(=O)C1CC1C1CC1. The van der Waals surface area contributed by atoms with Crippen molar-refractivity contribution in [3.8, 4) is 0 Å². The molecule has 1 aliphatic heterocycles.